The van der Waals surface area contributed by atoms with Gasteiger partial charge in [0, 0.05) is 23.4 Å². The number of ketones is 1. The van der Waals surface area contributed by atoms with Gasteiger partial charge in [-0.1, -0.05) is 0 Å². The van der Waals surface area contributed by atoms with Crippen LogP contribution in [0.3, 0.4) is 0 Å². The molecule has 0 aliphatic heterocycles. The second-order valence-electron chi connectivity index (χ2n) is 8.15. The molecule has 0 atom stereocenters. The Labute approximate surface area is 140 Å². The predicted molar refractivity (Wildman–Crippen MR) is 93.9 cm³/mol. The Morgan fingerprint density at radius 2 is 1.78 bits per heavy atom. The molecule has 0 saturated heterocycles. The lowest BCUT2D eigenvalue weighted by Crippen LogP contribution is -2.48. The van der Waals surface area contributed by atoms with Crippen molar-refractivity contribution in [1.29, 1.82) is 0 Å². The molecule has 0 spiro atoms. The number of pyridine rings is 1. The maximum absolute atomic E-state index is 11.7. The maximum atomic E-state index is 11.7. The second kappa shape index (κ2) is 4.56. The number of Topliss-reactive ketones (excluding diaryl/α,β-unsaturated/α-hetero) is 1. The molecule has 2 aromatic rings. The molecule has 4 aliphatic rings. The topological polar surface area (TPSA) is 56.0 Å². The van der Waals surface area contributed by atoms with Crippen LogP contribution in [0.4, 0.5) is 5.69 Å². The number of nitrogens with zero attached hydrogens (tertiary/aromatic N) is 1. The van der Waals surface area contributed by atoms with Gasteiger partial charge in [0.2, 0.25) is 0 Å². The molecule has 4 bridgehead atoms. The maximum Gasteiger partial charge on any atom is 0.171 e. The van der Waals surface area contributed by atoms with Crippen LogP contribution < -0.4 is 5.73 Å². The zero-order valence-corrected chi connectivity index (χ0v) is 14.3. The molecule has 23 heavy (non-hydrogen) atoms. The van der Waals surface area contributed by atoms with E-state index in [2.05, 4.69) is 12.1 Å². The van der Waals surface area contributed by atoms with E-state index in [1.807, 2.05) is 0 Å². The molecular weight excluding hydrogens is 304 g/mol. The fourth-order valence-corrected chi connectivity index (χ4v) is 6.97. The third-order valence-corrected chi connectivity index (χ3v) is 7.71. The summed E-state index contributed by atoms with van der Waals surface area (Å²) < 4.78 is 0. The van der Waals surface area contributed by atoms with E-state index in [0.29, 0.717) is 16.0 Å². The Balaban J connectivity index is 1.62. The summed E-state index contributed by atoms with van der Waals surface area (Å²) in [5, 5.41) is 0.952. The Hall–Kier alpha value is -1.42. The van der Waals surface area contributed by atoms with Crippen molar-refractivity contribution in [2.24, 2.45) is 17.8 Å². The van der Waals surface area contributed by atoms with Gasteiger partial charge in [-0.25, -0.2) is 4.98 Å². The van der Waals surface area contributed by atoms with Crippen molar-refractivity contribution < 1.29 is 4.79 Å². The van der Waals surface area contributed by atoms with E-state index in [0.717, 1.165) is 28.0 Å². The summed E-state index contributed by atoms with van der Waals surface area (Å²) in [7, 11) is 0. The first kappa shape index (κ1) is 14.0. The highest BCUT2D eigenvalue weighted by Crippen LogP contribution is 2.60. The third kappa shape index (κ3) is 1.94. The number of hydrogen-bond donors (Lipinski definition) is 1. The first-order valence-electron chi connectivity index (χ1n) is 8.74. The Bertz CT molecular complexity index is 787. The van der Waals surface area contributed by atoms with E-state index in [1.54, 1.807) is 6.92 Å². The van der Waals surface area contributed by atoms with Gasteiger partial charge in [-0.15, -0.1) is 11.3 Å². The smallest absolute Gasteiger partial charge is 0.171 e. The molecule has 4 aliphatic carbocycles. The number of thiophene rings is 1. The summed E-state index contributed by atoms with van der Waals surface area (Å²) in [6, 6.07) is 4.30. The number of nitrogens with two attached hydrogens (primary N) is 1. The van der Waals surface area contributed by atoms with Crippen LogP contribution in [0.2, 0.25) is 0 Å². The number of fused-ring (bicyclic) bond motifs is 1. The minimum atomic E-state index is 0.0434. The first-order valence-corrected chi connectivity index (χ1v) is 9.56. The number of anilines is 1. The van der Waals surface area contributed by atoms with Crippen molar-refractivity contribution >= 4 is 33.0 Å². The van der Waals surface area contributed by atoms with Crippen molar-refractivity contribution in [3.05, 3.63) is 22.7 Å². The standard InChI is InChI=1S/C19H22N2OS/c1-10(22)17-16(20)14-2-3-15(21-18(14)23-17)19-7-11-4-12(8-19)6-13(5-11)9-19/h2-3,11-13H,4-9,20H2,1H3. The van der Waals surface area contributed by atoms with Crippen LogP contribution in [-0.4, -0.2) is 10.8 Å². The fraction of sp³-hybridized carbons (Fsp3) is 0.579. The molecule has 120 valence electrons. The number of hydrogen-bond acceptors (Lipinski definition) is 4. The van der Waals surface area contributed by atoms with Crippen molar-refractivity contribution in [1.82, 2.24) is 4.98 Å². The van der Waals surface area contributed by atoms with E-state index in [4.69, 9.17) is 10.7 Å². The van der Waals surface area contributed by atoms with Gasteiger partial charge in [0.1, 0.15) is 4.83 Å². The van der Waals surface area contributed by atoms with E-state index >= 15 is 0 Å². The Morgan fingerprint density at radius 3 is 2.35 bits per heavy atom. The second-order valence-corrected chi connectivity index (χ2v) is 9.15. The quantitative estimate of drug-likeness (QED) is 0.824. The molecule has 4 heteroatoms. The van der Waals surface area contributed by atoms with Gasteiger partial charge in [0.25, 0.3) is 0 Å². The molecule has 0 aromatic carbocycles. The molecule has 0 amide bonds. The summed E-state index contributed by atoms with van der Waals surface area (Å²) in [4.78, 5) is 18.4. The van der Waals surface area contributed by atoms with Gasteiger partial charge in [-0.2, -0.15) is 0 Å². The summed E-state index contributed by atoms with van der Waals surface area (Å²) in [5.74, 6) is 2.79. The third-order valence-electron chi connectivity index (χ3n) is 6.50. The van der Waals surface area contributed by atoms with E-state index in [1.165, 1.54) is 55.6 Å². The first-order chi connectivity index (χ1) is 11.0. The molecule has 0 radical (unpaired) electrons. The van der Waals surface area contributed by atoms with Gasteiger partial charge in [0.15, 0.2) is 5.78 Å². The van der Waals surface area contributed by atoms with E-state index < -0.39 is 0 Å². The summed E-state index contributed by atoms with van der Waals surface area (Å²) in [6.45, 7) is 1.58. The fourth-order valence-electron chi connectivity index (χ4n) is 5.98. The van der Waals surface area contributed by atoms with Crippen LogP contribution in [0.15, 0.2) is 12.1 Å². The summed E-state index contributed by atoms with van der Waals surface area (Å²) in [6.07, 6.45) is 8.29. The summed E-state index contributed by atoms with van der Waals surface area (Å²) in [5.41, 5.74) is 8.33. The molecule has 2 heterocycles. The number of rotatable bonds is 2. The number of carbonyl (C=O) groups excluding carboxylic acids is 1. The van der Waals surface area contributed by atoms with E-state index in [9.17, 15) is 4.79 Å². The van der Waals surface area contributed by atoms with Crippen LogP contribution >= 0.6 is 11.3 Å². The highest BCUT2D eigenvalue weighted by atomic mass is 32.1. The van der Waals surface area contributed by atoms with Gasteiger partial charge < -0.3 is 5.73 Å². The van der Waals surface area contributed by atoms with Crippen molar-refractivity contribution in [2.75, 3.05) is 5.73 Å². The van der Waals surface area contributed by atoms with Crippen LogP contribution in [0.1, 0.15) is 60.8 Å². The number of aromatic nitrogens is 1. The number of nitrogen functional groups attached to an aromatic ring is 1. The van der Waals surface area contributed by atoms with Crippen molar-refractivity contribution in [3.63, 3.8) is 0 Å². The molecule has 4 saturated carbocycles. The van der Waals surface area contributed by atoms with E-state index in [-0.39, 0.29) is 5.78 Å². The average Bonchev–Trinajstić information content (AvgIpc) is 2.83. The van der Waals surface area contributed by atoms with Crippen LogP contribution in [0.25, 0.3) is 10.2 Å². The van der Waals surface area contributed by atoms with Crippen LogP contribution in [0.5, 0.6) is 0 Å². The molecule has 2 aromatic heterocycles. The molecule has 4 fully saturated rings. The monoisotopic (exact) mass is 326 g/mol. The van der Waals surface area contributed by atoms with Crippen molar-refractivity contribution in [2.45, 2.75) is 50.9 Å². The molecule has 3 nitrogen and oxygen atoms in total. The molecule has 0 unspecified atom stereocenters. The molecular formula is C19H22N2OS. The largest absolute Gasteiger partial charge is 0.397 e. The highest BCUT2D eigenvalue weighted by Gasteiger charge is 2.52. The number of carbonyl (C=O) groups is 1. The van der Waals surface area contributed by atoms with Gasteiger partial charge in [-0.3, -0.25) is 4.79 Å². The normalized spacial score (nSPS) is 35.1. The minimum Gasteiger partial charge on any atom is -0.397 e. The molecule has 6 rings (SSSR count). The lowest BCUT2D eigenvalue weighted by Gasteiger charge is -2.56. The van der Waals surface area contributed by atoms with Gasteiger partial charge >= 0.3 is 0 Å². The Morgan fingerprint density at radius 1 is 1.17 bits per heavy atom. The SMILES string of the molecule is CC(=O)c1sc2nc(C34CC5CC(CC(C5)C3)C4)ccc2c1N. The average molecular weight is 326 g/mol. The lowest BCUT2D eigenvalue weighted by atomic mass is 9.49. The predicted octanol–water partition coefficient (Wildman–Crippen LogP) is 4.55. The zero-order valence-electron chi connectivity index (χ0n) is 13.5. The van der Waals surface area contributed by atoms with Gasteiger partial charge in [0.05, 0.1) is 10.6 Å². The van der Waals surface area contributed by atoms with Gasteiger partial charge in [-0.05, 0) is 68.4 Å². The van der Waals surface area contributed by atoms with Crippen LogP contribution in [-0.2, 0) is 5.41 Å². The summed E-state index contributed by atoms with van der Waals surface area (Å²) >= 11 is 1.46. The lowest BCUT2D eigenvalue weighted by molar-refractivity contribution is -0.00704. The Kier molecular flexibility index (Phi) is 2.77. The van der Waals surface area contributed by atoms with Crippen LogP contribution in [0, 0.1) is 17.8 Å². The zero-order chi connectivity index (χ0) is 15.8. The van der Waals surface area contributed by atoms with Crippen molar-refractivity contribution in [3.8, 4) is 0 Å². The molecule has 2 N–H and O–H groups in total. The highest BCUT2D eigenvalue weighted by molar-refractivity contribution is 7.21. The minimum absolute atomic E-state index is 0.0434.